The summed E-state index contributed by atoms with van der Waals surface area (Å²) in [5, 5.41) is 3.80. The fourth-order valence-electron chi connectivity index (χ4n) is 6.47. The molecule has 2 aliphatic rings. The van der Waals surface area contributed by atoms with Crippen molar-refractivity contribution in [2.75, 3.05) is 29.9 Å². The van der Waals surface area contributed by atoms with Crippen LogP contribution in [0.4, 0.5) is 20.2 Å². The molecule has 242 valence electrons. The first-order valence-corrected chi connectivity index (χ1v) is 15.8. The highest BCUT2D eigenvalue weighted by Gasteiger charge is 2.42. The third kappa shape index (κ3) is 7.55. The monoisotopic (exact) mass is 636 g/mol. The topological polar surface area (TPSA) is 83.4 Å². The van der Waals surface area contributed by atoms with Gasteiger partial charge in [-0.3, -0.25) is 24.5 Å². The number of piperidine rings is 1. The predicted molar refractivity (Wildman–Crippen MR) is 181 cm³/mol. The van der Waals surface area contributed by atoms with Crippen LogP contribution in [0.5, 0.6) is 0 Å². The van der Waals surface area contributed by atoms with Gasteiger partial charge in [-0.1, -0.05) is 24.3 Å². The molecule has 0 bridgehead atoms. The van der Waals surface area contributed by atoms with E-state index in [2.05, 4.69) is 15.3 Å². The Hall–Kier alpha value is -4.96. The molecule has 1 N–H and O–H groups in total. The van der Waals surface area contributed by atoms with E-state index in [1.165, 1.54) is 0 Å². The maximum atomic E-state index is 15.1. The van der Waals surface area contributed by atoms with Crippen LogP contribution in [-0.4, -0.2) is 56.8 Å². The second-order valence-electron chi connectivity index (χ2n) is 12.3. The van der Waals surface area contributed by atoms with Gasteiger partial charge in [-0.05, 0) is 61.0 Å². The summed E-state index contributed by atoms with van der Waals surface area (Å²) < 4.78 is 32.1. The Labute approximate surface area is 272 Å². The lowest BCUT2D eigenvalue weighted by Gasteiger charge is -2.43. The minimum Gasteiger partial charge on any atom is -0.384 e. The normalized spacial score (nSPS) is 17.1. The molecule has 3 aromatic heterocycles. The summed E-state index contributed by atoms with van der Waals surface area (Å²) in [5.74, 6) is -2.63. The number of ketones is 1. The number of carbonyl (C=O) groups excluding carboxylic acids is 1. The molecular weight excluding hydrogens is 598 g/mol. The van der Waals surface area contributed by atoms with Crippen molar-refractivity contribution < 1.29 is 13.6 Å². The Kier molecular flexibility index (Phi) is 9.40. The molecule has 5 aromatic rings. The van der Waals surface area contributed by atoms with Crippen LogP contribution in [0.2, 0.25) is 0 Å². The number of Topliss-reactive ketones (excluding diaryl/α,β-unsaturated/α-hetero) is 1. The van der Waals surface area contributed by atoms with Crippen LogP contribution in [-0.2, 0) is 20.1 Å². The summed E-state index contributed by atoms with van der Waals surface area (Å²) in [4.78, 5) is 36.7. The fraction of sp³-hybridized carbons (Fsp3) is 0.297. The Bertz CT molecular complexity index is 1930. The van der Waals surface area contributed by atoms with E-state index >= 15 is 8.78 Å². The van der Waals surface area contributed by atoms with Crippen molar-refractivity contribution in [2.24, 2.45) is 7.05 Å². The van der Waals surface area contributed by atoms with Gasteiger partial charge in [0.05, 0.1) is 23.9 Å². The molecule has 47 heavy (non-hydrogen) atoms. The maximum absolute atomic E-state index is 15.1. The van der Waals surface area contributed by atoms with Gasteiger partial charge in [-0.15, -0.1) is 0 Å². The lowest BCUT2D eigenvalue weighted by molar-refractivity contribution is -0.0441. The number of aromatic nitrogens is 3. The first-order valence-electron chi connectivity index (χ1n) is 15.8. The molecule has 1 saturated heterocycles. The molecule has 5 heterocycles. The van der Waals surface area contributed by atoms with Gasteiger partial charge in [0.15, 0.2) is 11.2 Å². The third-order valence-electron chi connectivity index (χ3n) is 8.70. The van der Waals surface area contributed by atoms with Gasteiger partial charge >= 0.3 is 0 Å². The number of nitrogens with zero attached hydrogens (tertiary/aromatic N) is 5. The maximum Gasteiger partial charge on any atom is 0.266 e. The molecule has 1 fully saturated rings. The van der Waals surface area contributed by atoms with Gasteiger partial charge in [-0.2, -0.15) is 0 Å². The van der Waals surface area contributed by atoms with Gasteiger partial charge < -0.3 is 14.8 Å². The Balaban J connectivity index is 0.000000295. The summed E-state index contributed by atoms with van der Waals surface area (Å²) >= 11 is 0. The zero-order chi connectivity index (χ0) is 33.0. The molecule has 0 radical (unpaired) electrons. The third-order valence-corrected chi connectivity index (χ3v) is 8.70. The summed E-state index contributed by atoms with van der Waals surface area (Å²) in [5.41, 5.74) is 5.68. The van der Waals surface area contributed by atoms with E-state index in [1.807, 2.05) is 90.3 Å². The molecular formula is C37H38F2N6O2. The number of pyridine rings is 3. The Morgan fingerprint density at radius 2 is 1.81 bits per heavy atom. The lowest BCUT2D eigenvalue weighted by Crippen LogP contribution is -2.55. The van der Waals surface area contributed by atoms with E-state index in [1.54, 1.807) is 35.6 Å². The van der Waals surface area contributed by atoms with E-state index in [0.29, 0.717) is 36.1 Å². The number of benzene rings is 2. The molecule has 0 amide bonds. The highest BCUT2D eigenvalue weighted by atomic mass is 19.3. The summed E-state index contributed by atoms with van der Waals surface area (Å²) in [6, 6.07) is 22.1. The molecule has 0 saturated carbocycles. The van der Waals surface area contributed by atoms with Crippen molar-refractivity contribution in [2.45, 2.75) is 44.8 Å². The molecule has 7 rings (SSSR count). The summed E-state index contributed by atoms with van der Waals surface area (Å²) in [6.45, 7) is 3.44. The van der Waals surface area contributed by atoms with E-state index in [0.717, 1.165) is 34.6 Å². The van der Waals surface area contributed by atoms with Crippen LogP contribution in [0, 0.1) is 6.92 Å². The van der Waals surface area contributed by atoms with Gasteiger partial charge in [0, 0.05) is 98.6 Å². The van der Waals surface area contributed by atoms with Crippen molar-refractivity contribution in [3.8, 4) is 0 Å². The quantitative estimate of drug-likeness (QED) is 0.236. The van der Waals surface area contributed by atoms with Crippen molar-refractivity contribution in [1.82, 2.24) is 19.4 Å². The Morgan fingerprint density at radius 1 is 1.00 bits per heavy atom. The van der Waals surface area contributed by atoms with Crippen LogP contribution >= 0.6 is 0 Å². The molecule has 10 heteroatoms. The smallest absolute Gasteiger partial charge is 0.266 e. The van der Waals surface area contributed by atoms with Gasteiger partial charge in [0.1, 0.15) is 0 Å². The van der Waals surface area contributed by atoms with Crippen LogP contribution in [0.15, 0.2) is 102 Å². The van der Waals surface area contributed by atoms with Crippen molar-refractivity contribution >= 4 is 28.1 Å². The Morgan fingerprint density at radius 3 is 2.60 bits per heavy atom. The zero-order valence-corrected chi connectivity index (χ0v) is 26.6. The van der Waals surface area contributed by atoms with Gasteiger partial charge in [-0.25, -0.2) is 8.78 Å². The summed E-state index contributed by atoms with van der Waals surface area (Å²) in [7, 11) is 1.90. The van der Waals surface area contributed by atoms with Crippen molar-refractivity contribution in [1.29, 1.82) is 0 Å². The van der Waals surface area contributed by atoms with Crippen LogP contribution in [0.1, 0.15) is 40.0 Å². The minimum absolute atomic E-state index is 0.0636. The number of fused-ring (bicyclic) bond motifs is 2. The van der Waals surface area contributed by atoms with E-state index in [4.69, 9.17) is 0 Å². The molecule has 8 nitrogen and oxygen atoms in total. The zero-order valence-electron chi connectivity index (χ0n) is 26.6. The summed E-state index contributed by atoms with van der Waals surface area (Å²) in [6.07, 6.45) is 7.16. The van der Waals surface area contributed by atoms with E-state index in [9.17, 15) is 9.59 Å². The van der Waals surface area contributed by atoms with Gasteiger partial charge in [0.25, 0.3) is 5.92 Å². The average molecular weight is 637 g/mol. The SMILES string of the molecule is Cc1cc(CN(Cc2cn(C)c3ccccc3c2=O)C2CN(c3cccnc3)CC(F)(F)C2)ccn1.O=C1CCNc2ccccc21. The molecule has 2 aromatic carbocycles. The largest absolute Gasteiger partial charge is 0.384 e. The first kappa shape index (κ1) is 32.0. The van der Waals surface area contributed by atoms with Crippen LogP contribution in [0.3, 0.4) is 0 Å². The number of hydrogen-bond acceptors (Lipinski definition) is 7. The predicted octanol–water partition coefficient (Wildman–Crippen LogP) is 6.24. The number of para-hydroxylation sites is 2. The highest BCUT2D eigenvalue weighted by Crippen LogP contribution is 2.33. The second-order valence-corrected chi connectivity index (χ2v) is 12.3. The number of hydrogen-bond donors (Lipinski definition) is 1. The highest BCUT2D eigenvalue weighted by molar-refractivity contribution is 6.02. The molecule has 1 unspecified atom stereocenters. The number of alkyl halides is 2. The van der Waals surface area contributed by atoms with E-state index in [-0.39, 0.29) is 30.7 Å². The van der Waals surface area contributed by atoms with Crippen molar-refractivity contribution in [3.05, 3.63) is 130 Å². The molecule has 0 aliphatic carbocycles. The minimum atomic E-state index is -2.88. The number of halogens is 2. The number of carbonyl (C=O) groups is 1. The van der Waals surface area contributed by atoms with Crippen LogP contribution in [0.25, 0.3) is 10.9 Å². The van der Waals surface area contributed by atoms with Crippen LogP contribution < -0.4 is 15.6 Å². The fourth-order valence-corrected chi connectivity index (χ4v) is 6.47. The molecule has 1 atom stereocenters. The number of rotatable bonds is 6. The molecule has 0 spiro atoms. The number of anilines is 2. The number of nitrogens with one attached hydrogen (secondary N) is 1. The van der Waals surface area contributed by atoms with Crippen molar-refractivity contribution in [3.63, 3.8) is 0 Å². The first-order chi connectivity index (χ1) is 22.7. The molecule has 2 aliphatic heterocycles. The lowest BCUT2D eigenvalue weighted by atomic mass is 9.98. The number of aryl methyl sites for hydroxylation is 2. The standard InChI is InChI=1S/C28H29F2N5O.C9H9NO/c1-20-12-21(9-11-32-20)15-34(17-22-16-33(2)26-8-4-3-7-25(26)27(22)36)24-13-28(29,30)19-35(18-24)23-6-5-10-31-14-23;11-9-5-6-10-8-4-2-1-3-7(8)9/h3-12,14,16,24H,13,15,17-19H2,1-2H3;1-4,10H,5-6H2. The average Bonchev–Trinajstić information content (AvgIpc) is 3.07. The second kappa shape index (κ2) is 13.8. The van der Waals surface area contributed by atoms with E-state index < -0.39 is 12.0 Å². The van der Waals surface area contributed by atoms with Gasteiger partial charge in [0.2, 0.25) is 0 Å².